The van der Waals surface area contributed by atoms with E-state index in [1.165, 1.54) is 24.2 Å². The van der Waals surface area contributed by atoms with Crippen LogP contribution in [0.5, 0.6) is 0 Å². The predicted molar refractivity (Wildman–Crippen MR) is 71.8 cm³/mol. The van der Waals surface area contributed by atoms with Gasteiger partial charge in [-0.2, -0.15) is 0 Å². The molecule has 0 aromatic rings. The van der Waals surface area contributed by atoms with Gasteiger partial charge < -0.3 is 9.64 Å². The molecule has 4 heterocycles. The van der Waals surface area contributed by atoms with Gasteiger partial charge in [-0.15, -0.1) is 0 Å². The molecule has 3 fully saturated rings. The fourth-order valence-corrected chi connectivity index (χ4v) is 4.01. The maximum Gasteiger partial charge on any atom is 0.236 e. The fraction of sp³-hybridized carbons (Fsp3) is 0.733. The monoisotopic (exact) mass is 276 g/mol. The van der Waals surface area contributed by atoms with Crippen molar-refractivity contribution in [2.75, 3.05) is 26.2 Å². The Balaban J connectivity index is 1.42. The molecule has 4 unspecified atom stereocenters. The number of nitrogens with zero attached hydrogens (tertiary/aromatic N) is 2. The normalized spacial score (nSPS) is 39.9. The van der Waals surface area contributed by atoms with Gasteiger partial charge in [0, 0.05) is 13.1 Å². The Morgan fingerprint density at radius 1 is 0.950 bits per heavy atom. The molecule has 4 atom stereocenters. The minimum Gasteiger partial charge on any atom is -0.365 e. The number of ether oxygens (including phenoxy) is 1. The van der Waals surface area contributed by atoms with Crippen molar-refractivity contribution in [1.82, 2.24) is 9.80 Å². The van der Waals surface area contributed by atoms with E-state index in [1.54, 1.807) is 0 Å². The second-order valence-electron chi connectivity index (χ2n) is 6.23. The number of piperidine rings is 1. The zero-order valence-electron chi connectivity index (χ0n) is 11.5. The molecule has 5 heteroatoms. The highest BCUT2D eigenvalue weighted by molar-refractivity contribution is 6.06. The minimum absolute atomic E-state index is 0.0196. The van der Waals surface area contributed by atoms with Crippen LogP contribution < -0.4 is 0 Å². The highest BCUT2D eigenvalue weighted by Crippen LogP contribution is 2.44. The molecular weight excluding hydrogens is 256 g/mol. The first-order chi connectivity index (χ1) is 9.75. The molecular formula is C15H20N2O3. The van der Waals surface area contributed by atoms with E-state index >= 15 is 0 Å². The summed E-state index contributed by atoms with van der Waals surface area (Å²) < 4.78 is 5.63. The number of carbonyl (C=O) groups is 2. The smallest absolute Gasteiger partial charge is 0.236 e. The van der Waals surface area contributed by atoms with Crippen molar-refractivity contribution in [3.63, 3.8) is 0 Å². The van der Waals surface area contributed by atoms with E-state index < -0.39 is 0 Å². The molecule has 2 bridgehead atoms. The molecule has 20 heavy (non-hydrogen) atoms. The molecule has 4 rings (SSSR count). The first-order valence-electron chi connectivity index (χ1n) is 7.67. The van der Waals surface area contributed by atoms with Crippen LogP contribution in [0.2, 0.25) is 0 Å². The standard InChI is InChI=1S/C15H20N2O3/c18-14-12-10-4-5-11(20-10)13(12)15(19)17(14)9-8-16-6-2-1-3-7-16/h4-5,10-13H,1-3,6-9H2. The van der Waals surface area contributed by atoms with Gasteiger partial charge in [-0.3, -0.25) is 14.5 Å². The third-order valence-electron chi connectivity index (χ3n) is 5.09. The summed E-state index contributed by atoms with van der Waals surface area (Å²) >= 11 is 0. The van der Waals surface area contributed by atoms with Gasteiger partial charge in [0.05, 0.1) is 24.0 Å². The van der Waals surface area contributed by atoms with Crippen LogP contribution in [0.25, 0.3) is 0 Å². The molecule has 0 N–H and O–H groups in total. The van der Waals surface area contributed by atoms with Crippen molar-refractivity contribution >= 4 is 11.8 Å². The van der Waals surface area contributed by atoms with Gasteiger partial charge in [-0.25, -0.2) is 0 Å². The van der Waals surface area contributed by atoms with Gasteiger partial charge in [-0.05, 0) is 25.9 Å². The minimum atomic E-state index is -0.251. The largest absolute Gasteiger partial charge is 0.365 e. The Morgan fingerprint density at radius 2 is 1.55 bits per heavy atom. The van der Waals surface area contributed by atoms with Crippen LogP contribution in [0.3, 0.4) is 0 Å². The lowest BCUT2D eigenvalue weighted by Crippen LogP contribution is -2.42. The highest BCUT2D eigenvalue weighted by Gasteiger charge is 2.60. The Morgan fingerprint density at radius 3 is 2.15 bits per heavy atom. The fourth-order valence-electron chi connectivity index (χ4n) is 4.01. The number of hydrogen-bond donors (Lipinski definition) is 0. The number of amides is 2. The van der Waals surface area contributed by atoms with Gasteiger partial charge in [0.1, 0.15) is 0 Å². The van der Waals surface area contributed by atoms with Crippen molar-refractivity contribution in [3.8, 4) is 0 Å². The summed E-state index contributed by atoms with van der Waals surface area (Å²) in [5.74, 6) is -0.541. The molecule has 0 aromatic carbocycles. The first-order valence-corrected chi connectivity index (χ1v) is 7.67. The van der Waals surface area contributed by atoms with Crippen molar-refractivity contribution < 1.29 is 14.3 Å². The molecule has 0 aliphatic carbocycles. The molecule has 0 radical (unpaired) electrons. The Kier molecular flexibility index (Phi) is 2.93. The Hall–Kier alpha value is -1.20. The summed E-state index contributed by atoms with van der Waals surface area (Å²) in [6.07, 6.45) is 7.30. The van der Waals surface area contributed by atoms with Gasteiger partial charge in [0.2, 0.25) is 11.8 Å². The maximum atomic E-state index is 12.4. The van der Waals surface area contributed by atoms with Crippen LogP contribution in [-0.4, -0.2) is 60.0 Å². The van der Waals surface area contributed by atoms with E-state index in [2.05, 4.69) is 4.90 Å². The van der Waals surface area contributed by atoms with Crippen LogP contribution in [0.1, 0.15) is 19.3 Å². The Bertz CT molecular complexity index is 440. The first kappa shape index (κ1) is 12.5. The average molecular weight is 276 g/mol. The Labute approximate surface area is 118 Å². The summed E-state index contributed by atoms with van der Waals surface area (Å²) in [5, 5.41) is 0. The summed E-state index contributed by atoms with van der Waals surface area (Å²) in [5.41, 5.74) is 0. The van der Waals surface area contributed by atoms with Gasteiger partial charge in [-0.1, -0.05) is 18.6 Å². The van der Waals surface area contributed by atoms with E-state index in [1.807, 2.05) is 12.2 Å². The molecule has 3 saturated heterocycles. The quantitative estimate of drug-likeness (QED) is 0.553. The topological polar surface area (TPSA) is 49.9 Å². The van der Waals surface area contributed by atoms with E-state index in [9.17, 15) is 9.59 Å². The van der Waals surface area contributed by atoms with Crippen LogP contribution in [0.15, 0.2) is 12.2 Å². The molecule has 2 amide bonds. The molecule has 4 aliphatic rings. The van der Waals surface area contributed by atoms with Gasteiger partial charge in [0.25, 0.3) is 0 Å². The zero-order valence-corrected chi connectivity index (χ0v) is 11.5. The number of fused-ring (bicyclic) bond motifs is 5. The lowest BCUT2D eigenvalue weighted by Gasteiger charge is -2.28. The molecule has 0 saturated carbocycles. The highest BCUT2D eigenvalue weighted by atomic mass is 16.5. The van der Waals surface area contributed by atoms with Crippen LogP contribution in [0.4, 0.5) is 0 Å². The summed E-state index contributed by atoms with van der Waals surface area (Å²) in [4.78, 5) is 28.7. The molecule has 5 nitrogen and oxygen atoms in total. The summed E-state index contributed by atoms with van der Waals surface area (Å²) in [6, 6.07) is 0. The zero-order chi connectivity index (χ0) is 13.7. The number of imide groups is 1. The van der Waals surface area contributed by atoms with Crippen molar-refractivity contribution in [1.29, 1.82) is 0 Å². The maximum absolute atomic E-state index is 12.4. The third-order valence-corrected chi connectivity index (χ3v) is 5.09. The number of hydrogen-bond acceptors (Lipinski definition) is 4. The van der Waals surface area contributed by atoms with Crippen molar-refractivity contribution in [3.05, 3.63) is 12.2 Å². The second kappa shape index (κ2) is 4.67. The van der Waals surface area contributed by atoms with Crippen LogP contribution >= 0.6 is 0 Å². The van der Waals surface area contributed by atoms with E-state index in [-0.39, 0.29) is 35.9 Å². The van der Waals surface area contributed by atoms with E-state index in [4.69, 9.17) is 4.74 Å². The second-order valence-corrected chi connectivity index (χ2v) is 6.23. The number of carbonyl (C=O) groups excluding carboxylic acids is 2. The lowest BCUT2D eigenvalue weighted by atomic mass is 9.85. The summed E-state index contributed by atoms with van der Waals surface area (Å²) in [6.45, 7) is 3.56. The van der Waals surface area contributed by atoms with Crippen molar-refractivity contribution in [2.24, 2.45) is 11.8 Å². The van der Waals surface area contributed by atoms with Crippen LogP contribution in [0, 0.1) is 11.8 Å². The molecule has 0 aromatic heterocycles. The van der Waals surface area contributed by atoms with Crippen molar-refractivity contribution in [2.45, 2.75) is 31.5 Å². The van der Waals surface area contributed by atoms with Gasteiger partial charge in [0.15, 0.2) is 0 Å². The number of rotatable bonds is 3. The lowest BCUT2D eigenvalue weighted by molar-refractivity contribution is -0.142. The SMILES string of the molecule is O=C1C2C3C=CC(O3)C2C(=O)N1CCN1CCCCC1. The van der Waals surface area contributed by atoms with E-state index in [0.717, 1.165) is 19.6 Å². The number of likely N-dealkylation sites (tertiary alicyclic amines) is 2. The van der Waals surface area contributed by atoms with Gasteiger partial charge >= 0.3 is 0 Å². The average Bonchev–Trinajstić information content (AvgIpc) is 3.13. The molecule has 0 spiro atoms. The molecule has 108 valence electrons. The van der Waals surface area contributed by atoms with Crippen LogP contribution in [-0.2, 0) is 14.3 Å². The predicted octanol–water partition coefficient (Wildman–Crippen LogP) is 0.411. The summed E-state index contributed by atoms with van der Waals surface area (Å²) in [7, 11) is 0. The van der Waals surface area contributed by atoms with E-state index in [0.29, 0.717) is 6.54 Å². The molecule has 4 aliphatic heterocycles. The third kappa shape index (κ3) is 1.76.